The summed E-state index contributed by atoms with van der Waals surface area (Å²) >= 11 is 6.41. The highest BCUT2D eigenvalue weighted by Gasteiger charge is 2.37. The zero-order valence-electron chi connectivity index (χ0n) is 10.3. The fourth-order valence-electron chi connectivity index (χ4n) is 1.06. The summed E-state index contributed by atoms with van der Waals surface area (Å²) in [5.74, 6) is 0. The molecule has 0 aromatic carbocycles. The second-order valence-corrected chi connectivity index (χ2v) is 7.75. The molecule has 0 spiro atoms. The summed E-state index contributed by atoms with van der Waals surface area (Å²) in [5.41, 5.74) is 0. The molecule has 2 nitrogen and oxygen atoms in total. The van der Waals surface area contributed by atoms with Crippen LogP contribution in [0.15, 0.2) is 12.7 Å². The van der Waals surface area contributed by atoms with E-state index in [0.717, 1.165) is 12.8 Å². The average molecular weight is 251 g/mol. The largest absolute Gasteiger partial charge is 0.447 e. The Bertz CT molecular complexity index is 175. The molecule has 0 amide bonds. The Hall–Kier alpha value is 0.167. The lowest BCUT2D eigenvalue weighted by Gasteiger charge is -2.29. The first-order valence-electron chi connectivity index (χ1n) is 5.62. The summed E-state index contributed by atoms with van der Waals surface area (Å²) in [5, 5.41) is 0. The maximum atomic E-state index is 6.41. The number of rotatable bonds is 8. The molecule has 4 heteroatoms. The van der Waals surface area contributed by atoms with Crippen LogP contribution in [-0.4, -0.2) is 20.1 Å². The fraction of sp³-hybridized carbons (Fsp3) is 0.818. The average Bonchev–Trinajstić information content (AvgIpc) is 2.17. The minimum absolute atomic E-state index is 0.151. The van der Waals surface area contributed by atoms with Gasteiger partial charge >= 0.3 is 7.87 Å². The van der Waals surface area contributed by atoms with Gasteiger partial charge < -0.3 is 8.85 Å². The van der Waals surface area contributed by atoms with Crippen LogP contribution in [0.5, 0.6) is 0 Å². The molecule has 0 aromatic heterocycles. The highest BCUT2D eigenvalue weighted by molar-refractivity contribution is 7.13. The van der Waals surface area contributed by atoms with Gasteiger partial charge in [-0.1, -0.05) is 31.0 Å². The third kappa shape index (κ3) is 6.35. The molecule has 0 aliphatic carbocycles. The predicted molar refractivity (Wildman–Crippen MR) is 68.3 cm³/mol. The molecule has 2 atom stereocenters. The third-order valence-corrected chi connectivity index (χ3v) is 5.57. The Balaban J connectivity index is 4.36. The lowest BCUT2D eigenvalue weighted by Crippen LogP contribution is -2.41. The first-order chi connectivity index (χ1) is 6.97. The number of hydrogen-bond acceptors (Lipinski definition) is 2. The lowest BCUT2D eigenvalue weighted by molar-refractivity contribution is 0.104. The van der Waals surface area contributed by atoms with Gasteiger partial charge in [0.2, 0.25) is 0 Å². The van der Waals surface area contributed by atoms with E-state index in [9.17, 15) is 0 Å². The van der Waals surface area contributed by atoms with E-state index in [1.54, 1.807) is 6.08 Å². The SMILES string of the molecule is C=CC[Si](Cl)(OC(C)CC)OC(C)CC. The second kappa shape index (κ2) is 7.44. The van der Waals surface area contributed by atoms with Crippen molar-refractivity contribution in [1.29, 1.82) is 0 Å². The molecule has 90 valence electrons. The van der Waals surface area contributed by atoms with Crippen molar-refractivity contribution in [3.63, 3.8) is 0 Å². The van der Waals surface area contributed by atoms with Crippen LogP contribution in [0.3, 0.4) is 0 Å². The van der Waals surface area contributed by atoms with Crippen molar-refractivity contribution in [2.75, 3.05) is 0 Å². The van der Waals surface area contributed by atoms with Crippen molar-refractivity contribution in [3.05, 3.63) is 12.7 Å². The van der Waals surface area contributed by atoms with Crippen LogP contribution in [-0.2, 0) is 8.85 Å². The lowest BCUT2D eigenvalue weighted by atomic mass is 10.3. The Kier molecular flexibility index (Phi) is 7.52. The maximum Gasteiger partial charge on any atom is 0.447 e. The predicted octanol–water partition coefficient (Wildman–Crippen LogP) is 3.98. The molecule has 0 rings (SSSR count). The number of allylic oxidation sites excluding steroid dienone is 1. The van der Waals surface area contributed by atoms with Gasteiger partial charge in [-0.2, -0.15) is 0 Å². The van der Waals surface area contributed by atoms with E-state index < -0.39 is 7.87 Å². The quantitative estimate of drug-likeness (QED) is 0.369. The summed E-state index contributed by atoms with van der Waals surface area (Å²) in [6.07, 6.45) is 3.98. The molecule has 0 saturated carbocycles. The highest BCUT2D eigenvalue weighted by Crippen LogP contribution is 2.24. The normalized spacial score (nSPS) is 19.3. The van der Waals surface area contributed by atoms with Gasteiger partial charge in [-0.25, -0.2) is 0 Å². The summed E-state index contributed by atoms with van der Waals surface area (Å²) in [6.45, 7) is 11.9. The van der Waals surface area contributed by atoms with Gasteiger partial charge in [0, 0.05) is 18.3 Å². The van der Waals surface area contributed by atoms with Gasteiger partial charge in [0.05, 0.1) is 0 Å². The zero-order valence-corrected chi connectivity index (χ0v) is 12.0. The minimum atomic E-state index is -2.56. The Labute approximate surface area is 99.6 Å². The van der Waals surface area contributed by atoms with Gasteiger partial charge in [-0.15, -0.1) is 6.58 Å². The number of halogens is 1. The maximum absolute atomic E-state index is 6.41. The Morgan fingerprint density at radius 2 is 1.60 bits per heavy atom. The van der Waals surface area contributed by atoms with E-state index >= 15 is 0 Å². The van der Waals surface area contributed by atoms with Gasteiger partial charge in [-0.05, 0) is 26.7 Å². The first-order valence-corrected chi connectivity index (χ1v) is 8.66. The van der Waals surface area contributed by atoms with E-state index in [4.69, 9.17) is 19.9 Å². The molecule has 0 heterocycles. The van der Waals surface area contributed by atoms with Crippen LogP contribution < -0.4 is 0 Å². The minimum Gasteiger partial charge on any atom is -0.380 e. The molecular weight excluding hydrogens is 228 g/mol. The summed E-state index contributed by atoms with van der Waals surface area (Å²) in [4.78, 5) is 0. The van der Waals surface area contributed by atoms with E-state index in [1.807, 2.05) is 13.8 Å². The molecule has 15 heavy (non-hydrogen) atoms. The second-order valence-electron chi connectivity index (χ2n) is 3.83. The molecule has 0 aromatic rings. The van der Waals surface area contributed by atoms with Crippen LogP contribution in [0, 0.1) is 0 Å². The van der Waals surface area contributed by atoms with E-state index in [-0.39, 0.29) is 12.2 Å². The third-order valence-electron chi connectivity index (χ3n) is 2.29. The van der Waals surface area contributed by atoms with Gasteiger partial charge in [0.25, 0.3) is 0 Å². The fourth-order valence-corrected chi connectivity index (χ4v) is 4.43. The zero-order chi connectivity index (χ0) is 11.9. The molecule has 0 aliphatic rings. The highest BCUT2D eigenvalue weighted by atomic mass is 35.6. The molecule has 0 N–H and O–H groups in total. The Morgan fingerprint density at radius 3 is 1.87 bits per heavy atom. The van der Waals surface area contributed by atoms with Crippen LogP contribution in [0.25, 0.3) is 0 Å². The van der Waals surface area contributed by atoms with Gasteiger partial charge in [-0.3, -0.25) is 0 Å². The number of hydrogen-bond donors (Lipinski definition) is 0. The summed E-state index contributed by atoms with van der Waals surface area (Å²) < 4.78 is 11.6. The van der Waals surface area contributed by atoms with Crippen molar-refractivity contribution in [1.82, 2.24) is 0 Å². The van der Waals surface area contributed by atoms with Crippen molar-refractivity contribution >= 4 is 18.9 Å². The van der Waals surface area contributed by atoms with E-state index in [0.29, 0.717) is 6.04 Å². The molecule has 0 saturated heterocycles. The van der Waals surface area contributed by atoms with E-state index in [2.05, 4.69) is 20.4 Å². The summed E-state index contributed by atoms with van der Waals surface area (Å²) in [7, 11) is -2.56. The van der Waals surface area contributed by atoms with Crippen LogP contribution >= 0.6 is 11.1 Å². The van der Waals surface area contributed by atoms with Gasteiger partial charge in [0.1, 0.15) is 0 Å². The van der Waals surface area contributed by atoms with Gasteiger partial charge in [0.15, 0.2) is 0 Å². The van der Waals surface area contributed by atoms with Crippen LogP contribution in [0.1, 0.15) is 40.5 Å². The first kappa shape index (κ1) is 15.2. The van der Waals surface area contributed by atoms with Crippen molar-refractivity contribution < 1.29 is 8.85 Å². The molecule has 0 fully saturated rings. The van der Waals surface area contributed by atoms with Crippen molar-refractivity contribution in [3.8, 4) is 0 Å². The van der Waals surface area contributed by atoms with Crippen LogP contribution in [0.4, 0.5) is 0 Å². The summed E-state index contributed by atoms with van der Waals surface area (Å²) in [6, 6.07) is 0.628. The standard InChI is InChI=1S/C11H23ClO2Si/c1-6-9-15(12,13-10(4)7-2)14-11(5)8-3/h6,10-11H,1,7-9H2,2-5H3. The van der Waals surface area contributed by atoms with Crippen LogP contribution in [0.2, 0.25) is 6.04 Å². The Morgan fingerprint density at radius 1 is 1.20 bits per heavy atom. The smallest absolute Gasteiger partial charge is 0.380 e. The molecule has 2 unspecified atom stereocenters. The molecular formula is C11H23ClO2Si. The molecule has 0 bridgehead atoms. The topological polar surface area (TPSA) is 18.5 Å². The van der Waals surface area contributed by atoms with Crippen molar-refractivity contribution in [2.24, 2.45) is 0 Å². The monoisotopic (exact) mass is 250 g/mol. The van der Waals surface area contributed by atoms with Crippen molar-refractivity contribution in [2.45, 2.75) is 58.8 Å². The molecule has 0 aliphatic heterocycles. The molecule has 0 radical (unpaired) electrons. The van der Waals surface area contributed by atoms with E-state index in [1.165, 1.54) is 0 Å².